The van der Waals surface area contributed by atoms with E-state index in [-0.39, 0.29) is 0 Å². The molecule has 0 saturated carbocycles. The molecular formula is C10H13N2. The van der Waals surface area contributed by atoms with Gasteiger partial charge in [0, 0.05) is 13.1 Å². The molecule has 0 unspecified atom stereocenters. The van der Waals surface area contributed by atoms with E-state index >= 15 is 0 Å². The number of benzene rings is 1. The fraction of sp³-hybridized carbons (Fsp3) is 0.400. The highest BCUT2D eigenvalue weighted by Gasteiger charge is 2.04. The molecule has 1 N–H and O–H groups in total. The van der Waals surface area contributed by atoms with E-state index in [1.54, 1.807) is 0 Å². The Morgan fingerprint density at radius 3 is 3.17 bits per heavy atom. The summed E-state index contributed by atoms with van der Waals surface area (Å²) in [7, 11) is 0. The van der Waals surface area contributed by atoms with Gasteiger partial charge >= 0.3 is 0 Å². The van der Waals surface area contributed by atoms with Crippen molar-refractivity contribution < 1.29 is 0 Å². The van der Waals surface area contributed by atoms with Crippen LogP contribution in [-0.2, 0) is 6.54 Å². The minimum absolute atomic E-state index is 0.948. The standard InChI is InChI=1S/C10H13N2/c1-2-5-10-9(4-1)8-11-6-3-7-12-10/h1-2,4-5,11H,3,6-8H2. The highest BCUT2D eigenvalue weighted by atomic mass is 14.9. The van der Waals surface area contributed by atoms with Gasteiger partial charge in [-0.2, -0.15) is 0 Å². The maximum atomic E-state index is 4.51. The molecule has 0 fully saturated rings. The Hall–Kier alpha value is -1.02. The Morgan fingerprint density at radius 2 is 2.17 bits per heavy atom. The summed E-state index contributed by atoms with van der Waals surface area (Å²) < 4.78 is 0. The largest absolute Gasteiger partial charge is 0.313 e. The average Bonchev–Trinajstić information content (AvgIpc) is 2.06. The second kappa shape index (κ2) is 3.59. The number of nitrogens with one attached hydrogen (secondary N) is 1. The van der Waals surface area contributed by atoms with Gasteiger partial charge in [0.2, 0.25) is 0 Å². The minimum Gasteiger partial charge on any atom is -0.313 e. The van der Waals surface area contributed by atoms with Crippen molar-refractivity contribution in [2.24, 2.45) is 0 Å². The topological polar surface area (TPSA) is 26.1 Å². The molecule has 0 atom stereocenters. The molecule has 0 aromatic heterocycles. The first kappa shape index (κ1) is 7.62. The van der Waals surface area contributed by atoms with E-state index in [9.17, 15) is 0 Å². The van der Waals surface area contributed by atoms with Crippen LogP contribution in [-0.4, -0.2) is 13.1 Å². The van der Waals surface area contributed by atoms with Gasteiger partial charge in [0.1, 0.15) is 0 Å². The number of rotatable bonds is 0. The van der Waals surface area contributed by atoms with Crippen LogP contribution in [0.25, 0.3) is 0 Å². The van der Waals surface area contributed by atoms with Gasteiger partial charge < -0.3 is 5.32 Å². The molecule has 63 valence electrons. The van der Waals surface area contributed by atoms with E-state index in [0.29, 0.717) is 0 Å². The van der Waals surface area contributed by atoms with Crippen LogP contribution in [0.3, 0.4) is 0 Å². The summed E-state index contributed by atoms with van der Waals surface area (Å²) in [5.41, 5.74) is 2.47. The molecule has 2 nitrogen and oxygen atoms in total. The third-order valence-electron chi connectivity index (χ3n) is 2.10. The molecule has 1 aromatic carbocycles. The second-order valence-corrected chi connectivity index (χ2v) is 3.04. The summed E-state index contributed by atoms with van der Waals surface area (Å²) >= 11 is 0. The molecule has 1 heterocycles. The van der Waals surface area contributed by atoms with Gasteiger partial charge in [-0.15, -0.1) is 0 Å². The number of hydrogen-bond donors (Lipinski definition) is 1. The molecule has 0 saturated heterocycles. The first-order valence-electron chi connectivity index (χ1n) is 4.43. The van der Waals surface area contributed by atoms with E-state index in [1.165, 1.54) is 5.56 Å². The van der Waals surface area contributed by atoms with Gasteiger partial charge in [-0.25, -0.2) is 0 Å². The molecule has 1 aliphatic heterocycles. The van der Waals surface area contributed by atoms with Crippen LogP contribution >= 0.6 is 0 Å². The van der Waals surface area contributed by atoms with E-state index in [0.717, 1.165) is 31.7 Å². The summed E-state index contributed by atoms with van der Waals surface area (Å²) in [6, 6.07) is 8.33. The third kappa shape index (κ3) is 1.59. The lowest BCUT2D eigenvalue weighted by Crippen LogP contribution is -2.21. The van der Waals surface area contributed by atoms with E-state index in [4.69, 9.17) is 0 Å². The van der Waals surface area contributed by atoms with Gasteiger partial charge in [-0.05, 0) is 24.6 Å². The first-order chi connectivity index (χ1) is 5.97. The summed E-state index contributed by atoms with van der Waals surface area (Å²) in [6.07, 6.45) is 1.15. The smallest absolute Gasteiger partial charge is 0.0619 e. The third-order valence-corrected chi connectivity index (χ3v) is 2.10. The van der Waals surface area contributed by atoms with Crippen molar-refractivity contribution in [1.29, 1.82) is 0 Å². The highest BCUT2D eigenvalue weighted by Crippen LogP contribution is 2.15. The summed E-state index contributed by atoms with van der Waals surface area (Å²) in [5, 5.41) is 7.89. The van der Waals surface area contributed by atoms with Crippen LogP contribution in [0.15, 0.2) is 24.3 Å². The Kier molecular flexibility index (Phi) is 2.28. The van der Waals surface area contributed by atoms with Crippen LogP contribution in [0.1, 0.15) is 12.0 Å². The van der Waals surface area contributed by atoms with Crippen LogP contribution in [0.4, 0.5) is 5.69 Å². The van der Waals surface area contributed by atoms with E-state index < -0.39 is 0 Å². The van der Waals surface area contributed by atoms with Crippen LogP contribution in [0.5, 0.6) is 0 Å². The van der Waals surface area contributed by atoms with Crippen LogP contribution in [0.2, 0.25) is 0 Å². The number of nitrogens with zero attached hydrogens (tertiary/aromatic N) is 1. The monoisotopic (exact) mass is 161 g/mol. The summed E-state index contributed by atoms with van der Waals surface area (Å²) in [6.45, 7) is 2.99. The quantitative estimate of drug-likeness (QED) is 0.612. The Bertz CT molecular complexity index is 231. The number of hydrogen-bond acceptors (Lipinski definition) is 1. The van der Waals surface area contributed by atoms with Gasteiger partial charge in [-0.1, -0.05) is 18.2 Å². The molecular weight excluding hydrogens is 148 g/mol. The second-order valence-electron chi connectivity index (χ2n) is 3.04. The van der Waals surface area contributed by atoms with Gasteiger partial charge in [-0.3, -0.25) is 5.32 Å². The molecule has 12 heavy (non-hydrogen) atoms. The van der Waals surface area contributed by atoms with E-state index in [2.05, 4.69) is 28.8 Å². The average molecular weight is 161 g/mol. The maximum Gasteiger partial charge on any atom is 0.0619 e. The van der Waals surface area contributed by atoms with Crippen molar-refractivity contribution in [2.45, 2.75) is 13.0 Å². The molecule has 2 rings (SSSR count). The molecule has 0 aliphatic carbocycles. The van der Waals surface area contributed by atoms with Gasteiger partial charge in [0.15, 0.2) is 0 Å². The Labute approximate surface area is 73.0 Å². The minimum atomic E-state index is 0.948. The lowest BCUT2D eigenvalue weighted by Gasteiger charge is -2.14. The lowest BCUT2D eigenvalue weighted by molar-refractivity contribution is 0.611. The zero-order valence-electron chi connectivity index (χ0n) is 7.09. The molecule has 2 heteroatoms. The fourth-order valence-electron chi connectivity index (χ4n) is 1.44. The van der Waals surface area contributed by atoms with Crippen LogP contribution in [0, 0.1) is 0 Å². The van der Waals surface area contributed by atoms with Crippen molar-refractivity contribution in [3.63, 3.8) is 0 Å². The van der Waals surface area contributed by atoms with Gasteiger partial charge in [0.25, 0.3) is 0 Å². The maximum absolute atomic E-state index is 4.51. The van der Waals surface area contributed by atoms with Crippen LogP contribution < -0.4 is 10.6 Å². The molecule has 0 amide bonds. The van der Waals surface area contributed by atoms with Crippen molar-refractivity contribution in [2.75, 3.05) is 13.1 Å². The molecule has 1 aromatic rings. The predicted molar refractivity (Wildman–Crippen MR) is 49.4 cm³/mol. The first-order valence-corrected chi connectivity index (χ1v) is 4.43. The van der Waals surface area contributed by atoms with Crippen molar-refractivity contribution >= 4 is 5.69 Å². The zero-order valence-corrected chi connectivity index (χ0v) is 7.09. The van der Waals surface area contributed by atoms with Gasteiger partial charge in [0.05, 0.1) is 5.69 Å². The zero-order chi connectivity index (χ0) is 8.23. The SMILES string of the molecule is c1ccc2c(c1)CNCCC[N]2. The number of para-hydroxylation sites is 1. The fourth-order valence-corrected chi connectivity index (χ4v) is 1.44. The molecule has 0 spiro atoms. The van der Waals surface area contributed by atoms with Crippen molar-refractivity contribution in [1.82, 2.24) is 10.6 Å². The summed E-state index contributed by atoms with van der Waals surface area (Å²) in [4.78, 5) is 0. The normalized spacial score (nSPS) is 17.0. The highest BCUT2D eigenvalue weighted by molar-refractivity contribution is 5.44. The molecule has 1 radical (unpaired) electrons. The Morgan fingerprint density at radius 1 is 1.25 bits per heavy atom. The van der Waals surface area contributed by atoms with E-state index in [1.807, 2.05) is 6.07 Å². The van der Waals surface area contributed by atoms with Crippen molar-refractivity contribution in [3.8, 4) is 0 Å². The molecule has 0 bridgehead atoms. The predicted octanol–water partition coefficient (Wildman–Crippen LogP) is 1.42. The number of fused-ring (bicyclic) bond motifs is 1. The Balaban J connectivity index is 2.24. The van der Waals surface area contributed by atoms with Crippen molar-refractivity contribution in [3.05, 3.63) is 29.8 Å². The lowest BCUT2D eigenvalue weighted by atomic mass is 10.1. The summed E-state index contributed by atoms with van der Waals surface area (Å²) in [5.74, 6) is 0. The molecule has 1 aliphatic rings.